The molecule has 7 heteroatoms. The van der Waals surface area contributed by atoms with Crippen molar-refractivity contribution in [3.63, 3.8) is 0 Å². The second-order valence-corrected chi connectivity index (χ2v) is 5.81. The van der Waals surface area contributed by atoms with Gasteiger partial charge in [-0.15, -0.1) is 0 Å². The summed E-state index contributed by atoms with van der Waals surface area (Å²) < 4.78 is 11.0. The predicted octanol–water partition coefficient (Wildman–Crippen LogP) is 1.12. The smallest absolute Gasteiger partial charge is 0.274 e. The zero-order valence-corrected chi connectivity index (χ0v) is 12.9. The van der Waals surface area contributed by atoms with E-state index in [1.807, 2.05) is 11.8 Å². The Morgan fingerprint density at radius 1 is 1.35 bits per heavy atom. The summed E-state index contributed by atoms with van der Waals surface area (Å²) >= 11 is 0. The van der Waals surface area contributed by atoms with Gasteiger partial charge in [-0.1, -0.05) is 6.07 Å². The Balaban J connectivity index is 1.86. The molecule has 1 aromatic carbocycles. The molecule has 2 heterocycles. The van der Waals surface area contributed by atoms with Crippen LogP contribution in [0, 0.1) is 5.92 Å². The Bertz CT molecular complexity index is 612. The molecule has 2 N–H and O–H groups in total. The summed E-state index contributed by atoms with van der Waals surface area (Å²) in [6, 6.07) is 4.81. The fourth-order valence-electron chi connectivity index (χ4n) is 3.09. The van der Waals surface area contributed by atoms with E-state index in [9.17, 15) is 9.59 Å². The summed E-state index contributed by atoms with van der Waals surface area (Å²) in [5, 5.41) is 8.73. The molecule has 1 saturated heterocycles. The summed E-state index contributed by atoms with van der Waals surface area (Å²) in [5.41, 5.74) is 2.77. The fraction of sp³-hybridized carbons (Fsp3) is 0.500. The van der Waals surface area contributed by atoms with Crippen molar-refractivity contribution >= 4 is 11.8 Å². The number of benzene rings is 1. The van der Waals surface area contributed by atoms with Crippen LogP contribution >= 0.6 is 0 Å². The van der Waals surface area contributed by atoms with E-state index in [0.29, 0.717) is 37.7 Å². The van der Waals surface area contributed by atoms with Gasteiger partial charge in [-0.25, -0.2) is 5.48 Å². The predicted molar refractivity (Wildman–Crippen MR) is 80.2 cm³/mol. The minimum Gasteiger partial charge on any atom is -0.491 e. The number of nitrogens with zero attached hydrogens (tertiary/aromatic N) is 1. The van der Waals surface area contributed by atoms with Gasteiger partial charge in [0, 0.05) is 17.7 Å². The first kappa shape index (κ1) is 15.8. The van der Waals surface area contributed by atoms with Gasteiger partial charge in [-0.2, -0.15) is 0 Å². The van der Waals surface area contributed by atoms with Crippen LogP contribution in [0.5, 0.6) is 5.75 Å². The molecule has 0 aromatic heterocycles. The van der Waals surface area contributed by atoms with Crippen LogP contribution in [0.3, 0.4) is 0 Å². The van der Waals surface area contributed by atoms with Crippen molar-refractivity contribution in [1.82, 2.24) is 10.4 Å². The lowest BCUT2D eigenvalue weighted by atomic mass is 10.0. The largest absolute Gasteiger partial charge is 0.491 e. The Labute approximate surface area is 134 Å². The van der Waals surface area contributed by atoms with E-state index in [0.717, 1.165) is 12.0 Å². The van der Waals surface area contributed by atoms with Crippen LogP contribution in [0.2, 0.25) is 0 Å². The second-order valence-electron chi connectivity index (χ2n) is 5.81. The number of nitrogens with one attached hydrogen (secondary N) is 1. The van der Waals surface area contributed by atoms with Crippen molar-refractivity contribution in [3.05, 3.63) is 29.3 Å². The highest BCUT2D eigenvalue weighted by Crippen LogP contribution is 2.34. The lowest BCUT2D eigenvalue weighted by Crippen LogP contribution is -2.39. The first-order valence-corrected chi connectivity index (χ1v) is 7.71. The number of rotatable bonds is 2. The normalized spacial score (nSPS) is 23.7. The average Bonchev–Trinajstić information content (AvgIpc) is 3.06. The lowest BCUT2D eigenvalue weighted by Gasteiger charge is -2.29. The molecular weight excluding hydrogens is 300 g/mol. The zero-order chi connectivity index (χ0) is 16.4. The van der Waals surface area contributed by atoms with Crippen molar-refractivity contribution in [2.45, 2.75) is 19.4 Å². The molecule has 3 rings (SSSR count). The first-order chi connectivity index (χ1) is 11.1. The molecule has 0 radical (unpaired) electrons. The highest BCUT2D eigenvalue weighted by molar-refractivity contribution is 5.94. The molecular formula is C16H20N2O5. The summed E-state index contributed by atoms with van der Waals surface area (Å²) in [7, 11) is 0. The third kappa shape index (κ3) is 3.02. The minimum atomic E-state index is -0.593. The van der Waals surface area contributed by atoms with Crippen LogP contribution < -0.4 is 10.2 Å². The standard InChI is InChI=1S/C16H20N2O5/c1-10-13-3-2-11(15(19)17-21)8-14(13)23-7-5-18(10)16(20)12-4-6-22-9-12/h2-3,8,10,12,21H,4-7,9H2,1H3,(H,17,19)/t10-,12+/m0/s1. The summed E-state index contributed by atoms with van der Waals surface area (Å²) in [6.07, 6.45) is 0.755. The van der Waals surface area contributed by atoms with E-state index in [4.69, 9.17) is 14.7 Å². The number of carbonyl (C=O) groups is 2. The highest BCUT2D eigenvalue weighted by atomic mass is 16.5. The third-order valence-corrected chi connectivity index (χ3v) is 4.45. The first-order valence-electron chi connectivity index (χ1n) is 7.71. The van der Waals surface area contributed by atoms with E-state index in [-0.39, 0.29) is 17.9 Å². The molecule has 2 amide bonds. The number of ether oxygens (including phenoxy) is 2. The molecule has 0 unspecified atom stereocenters. The van der Waals surface area contributed by atoms with Gasteiger partial charge in [0.2, 0.25) is 5.91 Å². The van der Waals surface area contributed by atoms with Crippen LogP contribution in [0.4, 0.5) is 0 Å². The van der Waals surface area contributed by atoms with E-state index in [1.54, 1.807) is 23.7 Å². The maximum Gasteiger partial charge on any atom is 0.274 e. The maximum atomic E-state index is 12.7. The molecule has 0 saturated carbocycles. The monoisotopic (exact) mass is 320 g/mol. The number of hydrogen-bond donors (Lipinski definition) is 2. The van der Waals surface area contributed by atoms with Crippen molar-refractivity contribution in [3.8, 4) is 5.75 Å². The molecule has 2 aliphatic rings. The molecule has 2 aliphatic heterocycles. The molecule has 0 bridgehead atoms. The van der Waals surface area contributed by atoms with Gasteiger partial charge >= 0.3 is 0 Å². The molecule has 1 fully saturated rings. The molecule has 124 valence electrons. The number of amides is 2. The summed E-state index contributed by atoms with van der Waals surface area (Å²) in [6.45, 7) is 3.91. The van der Waals surface area contributed by atoms with E-state index >= 15 is 0 Å². The SMILES string of the molecule is C[C@H]1c2ccc(C(=O)NO)cc2OCCN1C(=O)[C@@H]1CCOC1. The molecule has 0 spiro atoms. The van der Waals surface area contributed by atoms with E-state index in [1.165, 1.54) is 0 Å². The number of carbonyl (C=O) groups excluding carboxylic acids is 2. The Morgan fingerprint density at radius 3 is 2.87 bits per heavy atom. The van der Waals surface area contributed by atoms with Gasteiger partial charge in [0.15, 0.2) is 0 Å². The van der Waals surface area contributed by atoms with Crippen LogP contribution in [-0.4, -0.2) is 48.3 Å². The minimum absolute atomic E-state index is 0.0848. The van der Waals surface area contributed by atoms with Gasteiger partial charge in [0.05, 0.1) is 25.1 Å². The van der Waals surface area contributed by atoms with Crippen molar-refractivity contribution in [1.29, 1.82) is 0 Å². The Kier molecular flexibility index (Phi) is 4.49. The van der Waals surface area contributed by atoms with Crippen molar-refractivity contribution in [2.24, 2.45) is 5.92 Å². The van der Waals surface area contributed by atoms with Crippen LogP contribution in [0.1, 0.15) is 35.3 Å². The van der Waals surface area contributed by atoms with Gasteiger partial charge in [0.1, 0.15) is 12.4 Å². The molecule has 2 atom stereocenters. The summed E-state index contributed by atoms with van der Waals surface area (Å²) in [4.78, 5) is 26.0. The quantitative estimate of drug-likeness (QED) is 0.630. The number of hydroxylamine groups is 1. The van der Waals surface area contributed by atoms with Gasteiger partial charge in [0.25, 0.3) is 5.91 Å². The van der Waals surface area contributed by atoms with Gasteiger partial charge in [-0.05, 0) is 25.5 Å². The fourth-order valence-corrected chi connectivity index (χ4v) is 3.09. The zero-order valence-electron chi connectivity index (χ0n) is 12.9. The summed E-state index contributed by atoms with van der Waals surface area (Å²) in [5.74, 6) is -0.0250. The van der Waals surface area contributed by atoms with E-state index in [2.05, 4.69) is 0 Å². The van der Waals surface area contributed by atoms with Crippen molar-refractivity contribution < 1.29 is 24.3 Å². The van der Waals surface area contributed by atoms with Crippen molar-refractivity contribution in [2.75, 3.05) is 26.4 Å². The van der Waals surface area contributed by atoms with Crippen LogP contribution in [0.15, 0.2) is 18.2 Å². The highest BCUT2D eigenvalue weighted by Gasteiger charge is 2.33. The lowest BCUT2D eigenvalue weighted by molar-refractivity contribution is -0.137. The number of hydrogen-bond acceptors (Lipinski definition) is 5. The third-order valence-electron chi connectivity index (χ3n) is 4.45. The topological polar surface area (TPSA) is 88.1 Å². The van der Waals surface area contributed by atoms with Crippen LogP contribution in [0.25, 0.3) is 0 Å². The molecule has 1 aromatic rings. The van der Waals surface area contributed by atoms with Gasteiger partial charge < -0.3 is 14.4 Å². The number of fused-ring (bicyclic) bond motifs is 1. The Hall–Kier alpha value is -2.12. The van der Waals surface area contributed by atoms with Crippen LogP contribution in [-0.2, 0) is 9.53 Å². The Morgan fingerprint density at radius 2 is 2.17 bits per heavy atom. The van der Waals surface area contributed by atoms with Gasteiger partial charge in [-0.3, -0.25) is 14.8 Å². The molecule has 7 nitrogen and oxygen atoms in total. The maximum absolute atomic E-state index is 12.7. The second kappa shape index (κ2) is 6.55. The molecule has 0 aliphatic carbocycles. The van der Waals surface area contributed by atoms with E-state index < -0.39 is 5.91 Å². The molecule has 23 heavy (non-hydrogen) atoms. The average molecular weight is 320 g/mol.